The van der Waals surface area contributed by atoms with Gasteiger partial charge < -0.3 is 14.9 Å². The first-order chi connectivity index (χ1) is 11.9. The molecule has 1 N–H and O–H groups in total. The van der Waals surface area contributed by atoms with Gasteiger partial charge in [0.2, 0.25) is 11.8 Å². The lowest BCUT2D eigenvalue weighted by Gasteiger charge is -2.25. The number of fused-ring (bicyclic) bond motifs is 1. The highest BCUT2D eigenvalue weighted by Crippen LogP contribution is 2.32. The summed E-state index contributed by atoms with van der Waals surface area (Å²) < 4.78 is 0. The molecule has 0 aromatic heterocycles. The van der Waals surface area contributed by atoms with Crippen LogP contribution in [0.2, 0.25) is 0 Å². The van der Waals surface area contributed by atoms with E-state index < -0.39 is 17.9 Å². The number of amides is 2. The number of likely N-dealkylation sites (N-methyl/N-ethyl adjacent to an activating group) is 1. The van der Waals surface area contributed by atoms with E-state index in [2.05, 4.69) is 0 Å². The van der Waals surface area contributed by atoms with E-state index >= 15 is 0 Å². The van der Waals surface area contributed by atoms with Crippen LogP contribution in [0.5, 0.6) is 0 Å². The molecule has 0 bridgehead atoms. The van der Waals surface area contributed by atoms with E-state index in [-0.39, 0.29) is 24.8 Å². The van der Waals surface area contributed by atoms with Crippen LogP contribution in [0.15, 0.2) is 42.5 Å². The van der Waals surface area contributed by atoms with Crippen molar-refractivity contribution in [2.75, 3.05) is 18.5 Å². The van der Waals surface area contributed by atoms with Gasteiger partial charge >= 0.3 is 5.97 Å². The van der Waals surface area contributed by atoms with Crippen molar-refractivity contribution >= 4 is 34.2 Å². The third-order valence-corrected chi connectivity index (χ3v) is 4.82. The number of hydrogen-bond donors (Lipinski definition) is 1. The molecule has 0 aliphatic carbocycles. The van der Waals surface area contributed by atoms with Gasteiger partial charge in [0.05, 0.1) is 11.6 Å². The Balaban J connectivity index is 1.85. The number of nitrogens with zero attached hydrogens (tertiary/aromatic N) is 2. The van der Waals surface area contributed by atoms with Crippen molar-refractivity contribution in [1.82, 2.24) is 4.90 Å². The highest BCUT2D eigenvalue weighted by Gasteiger charge is 2.38. The molecular weight excluding hydrogens is 320 g/mol. The number of carbonyl (C=O) groups excluding carboxylic acids is 2. The lowest BCUT2D eigenvalue weighted by molar-refractivity contribution is -0.149. The summed E-state index contributed by atoms with van der Waals surface area (Å²) in [5, 5.41) is 11.1. The van der Waals surface area contributed by atoms with Crippen LogP contribution in [-0.4, -0.2) is 47.4 Å². The highest BCUT2D eigenvalue weighted by atomic mass is 16.4. The second kappa shape index (κ2) is 6.55. The summed E-state index contributed by atoms with van der Waals surface area (Å²) in [6.45, 7) is 1.72. The minimum atomic E-state index is -1.06. The van der Waals surface area contributed by atoms with Gasteiger partial charge in [0.15, 0.2) is 0 Å². The van der Waals surface area contributed by atoms with Crippen molar-refractivity contribution < 1.29 is 19.5 Å². The van der Waals surface area contributed by atoms with Gasteiger partial charge in [0.25, 0.3) is 0 Å². The van der Waals surface area contributed by atoms with Crippen molar-refractivity contribution in [2.45, 2.75) is 19.4 Å². The molecule has 1 saturated heterocycles. The zero-order valence-corrected chi connectivity index (χ0v) is 14.2. The van der Waals surface area contributed by atoms with Gasteiger partial charge in [0, 0.05) is 25.4 Å². The van der Waals surface area contributed by atoms with Crippen molar-refractivity contribution in [3.05, 3.63) is 42.5 Å². The predicted molar refractivity (Wildman–Crippen MR) is 94.3 cm³/mol. The summed E-state index contributed by atoms with van der Waals surface area (Å²) in [7, 11) is 1.46. The van der Waals surface area contributed by atoms with E-state index in [1.807, 2.05) is 42.5 Å². The second-order valence-electron chi connectivity index (χ2n) is 6.37. The van der Waals surface area contributed by atoms with Crippen LogP contribution in [0, 0.1) is 5.92 Å². The Morgan fingerprint density at radius 1 is 1.20 bits per heavy atom. The maximum absolute atomic E-state index is 12.6. The standard InChI is InChI=1S/C19H20N2O4/c1-12(19(24)25)20(2)18(23)14-10-17(22)21(11-14)16-9-5-7-13-6-3-4-8-15(13)16/h3-9,12,14H,10-11H2,1-2H3,(H,24,25). The Morgan fingerprint density at radius 2 is 1.88 bits per heavy atom. The van der Waals surface area contributed by atoms with Crippen LogP contribution in [0.25, 0.3) is 10.8 Å². The fraction of sp³-hybridized carbons (Fsp3) is 0.316. The molecule has 1 aliphatic rings. The third kappa shape index (κ3) is 3.07. The number of rotatable bonds is 4. The topological polar surface area (TPSA) is 77.9 Å². The Morgan fingerprint density at radius 3 is 2.60 bits per heavy atom. The first kappa shape index (κ1) is 17.0. The number of carbonyl (C=O) groups is 3. The van der Waals surface area contributed by atoms with Crippen LogP contribution in [0.3, 0.4) is 0 Å². The quantitative estimate of drug-likeness (QED) is 0.925. The van der Waals surface area contributed by atoms with E-state index in [0.717, 1.165) is 16.5 Å². The minimum Gasteiger partial charge on any atom is -0.480 e. The summed E-state index contributed by atoms with van der Waals surface area (Å²) >= 11 is 0. The SMILES string of the molecule is CC(C(=O)O)N(C)C(=O)C1CC(=O)N(c2cccc3ccccc23)C1. The zero-order valence-electron chi connectivity index (χ0n) is 14.2. The number of benzene rings is 2. The average molecular weight is 340 g/mol. The summed E-state index contributed by atoms with van der Waals surface area (Å²) in [4.78, 5) is 39.0. The van der Waals surface area contributed by atoms with Crippen LogP contribution in [0.1, 0.15) is 13.3 Å². The van der Waals surface area contributed by atoms with Gasteiger partial charge in [-0.25, -0.2) is 4.79 Å². The number of carboxylic acid groups (broad SMARTS) is 1. The van der Waals surface area contributed by atoms with Gasteiger partial charge in [-0.15, -0.1) is 0 Å². The van der Waals surface area contributed by atoms with Crippen molar-refractivity contribution in [3.8, 4) is 0 Å². The van der Waals surface area contributed by atoms with Crippen LogP contribution >= 0.6 is 0 Å². The molecule has 0 spiro atoms. The Labute approximate surface area is 145 Å². The molecule has 0 radical (unpaired) electrons. The molecular formula is C19H20N2O4. The average Bonchev–Trinajstić information content (AvgIpc) is 3.00. The van der Waals surface area contributed by atoms with Crippen LogP contribution < -0.4 is 4.90 Å². The number of aliphatic carboxylic acids is 1. The maximum Gasteiger partial charge on any atom is 0.326 e. The molecule has 3 rings (SSSR count). The van der Waals surface area contributed by atoms with E-state index in [4.69, 9.17) is 5.11 Å². The molecule has 2 amide bonds. The van der Waals surface area contributed by atoms with Gasteiger partial charge in [-0.1, -0.05) is 36.4 Å². The normalized spacial score (nSPS) is 18.4. The Kier molecular flexibility index (Phi) is 4.44. The van der Waals surface area contributed by atoms with E-state index in [0.29, 0.717) is 0 Å². The fourth-order valence-electron chi connectivity index (χ4n) is 3.19. The molecule has 2 unspecified atom stereocenters. The van der Waals surface area contributed by atoms with Crippen LogP contribution in [-0.2, 0) is 14.4 Å². The number of carboxylic acids is 1. The molecule has 0 saturated carbocycles. The van der Waals surface area contributed by atoms with Crippen molar-refractivity contribution in [1.29, 1.82) is 0 Å². The summed E-state index contributed by atoms with van der Waals surface area (Å²) in [6.07, 6.45) is 0.0960. The molecule has 6 nitrogen and oxygen atoms in total. The number of hydrogen-bond acceptors (Lipinski definition) is 3. The first-order valence-electron chi connectivity index (χ1n) is 8.17. The molecule has 1 heterocycles. The lowest BCUT2D eigenvalue weighted by atomic mass is 10.1. The minimum absolute atomic E-state index is 0.0960. The van der Waals surface area contributed by atoms with Crippen LogP contribution in [0.4, 0.5) is 5.69 Å². The highest BCUT2D eigenvalue weighted by molar-refractivity contribution is 6.07. The zero-order chi connectivity index (χ0) is 18.1. The molecule has 2 aromatic rings. The molecule has 6 heteroatoms. The molecule has 2 aromatic carbocycles. The van der Waals surface area contributed by atoms with Gasteiger partial charge in [-0.3, -0.25) is 9.59 Å². The fourth-order valence-corrected chi connectivity index (χ4v) is 3.19. The second-order valence-corrected chi connectivity index (χ2v) is 6.37. The third-order valence-electron chi connectivity index (χ3n) is 4.82. The van der Waals surface area contributed by atoms with Gasteiger partial charge in [-0.2, -0.15) is 0 Å². The molecule has 1 fully saturated rings. The lowest BCUT2D eigenvalue weighted by Crippen LogP contribution is -2.43. The molecule has 2 atom stereocenters. The summed E-state index contributed by atoms with van der Waals surface area (Å²) in [5.41, 5.74) is 0.785. The smallest absolute Gasteiger partial charge is 0.326 e. The molecule has 25 heavy (non-hydrogen) atoms. The van der Waals surface area contributed by atoms with E-state index in [1.165, 1.54) is 18.9 Å². The van der Waals surface area contributed by atoms with Gasteiger partial charge in [-0.05, 0) is 18.4 Å². The predicted octanol–water partition coefficient (Wildman–Crippen LogP) is 2.12. The summed E-state index contributed by atoms with van der Waals surface area (Å²) in [5.74, 6) is -2.03. The van der Waals surface area contributed by atoms with Crippen molar-refractivity contribution in [2.24, 2.45) is 5.92 Å². The van der Waals surface area contributed by atoms with E-state index in [1.54, 1.807) is 4.90 Å². The Bertz CT molecular complexity index is 843. The Hall–Kier alpha value is -2.89. The number of anilines is 1. The largest absolute Gasteiger partial charge is 0.480 e. The monoisotopic (exact) mass is 340 g/mol. The van der Waals surface area contributed by atoms with E-state index in [9.17, 15) is 14.4 Å². The van der Waals surface area contributed by atoms with Gasteiger partial charge in [0.1, 0.15) is 6.04 Å². The molecule has 130 valence electrons. The molecule has 1 aliphatic heterocycles. The first-order valence-corrected chi connectivity index (χ1v) is 8.17. The maximum atomic E-state index is 12.6. The van der Waals surface area contributed by atoms with Crippen molar-refractivity contribution in [3.63, 3.8) is 0 Å². The summed E-state index contributed by atoms with van der Waals surface area (Å²) in [6, 6.07) is 12.6.